The standard InChI is InChI=1S/C24H29ClF6N2O4.C20H29ClN2O2.C3H2F6O/c1-21(10-12-33(13-11-21)20(36)37-18(23(26,27)28)24(29,30)31)32(2)14-15-6-5-7-16(25)17(15)22(19(34)35)8-3-4-9-22;1-19(10-12-22-13-11-19)23(2)14-15-6-5-7-16(21)17(15)20(18(24)25)8-3-4-9-20;4-2(5,6)1(10)3(7,8)9/h5-7,18H,3-4,8-14H2,1-2H3,(H,34,35);5-7,22H,3-4,8-14H2,1-2H3,(H,24,25);1,10H. The van der Waals surface area contributed by atoms with E-state index in [9.17, 15) is 77.3 Å². The molecule has 0 aromatic heterocycles. The molecule has 408 valence electrons. The molecule has 72 heavy (non-hydrogen) atoms. The van der Waals surface area contributed by atoms with Crippen molar-refractivity contribution in [1.82, 2.24) is 20.0 Å². The third-order valence-electron chi connectivity index (χ3n) is 14.8. The number of likely N-dealkylation sites (tertiary alicyclic amines) is 1. The molecule has 4 aliphatic rings. The molecule has 6 rings (SSSR count). The van der Waals surface area contributed by atoms with Crippen molar-refractivity contribution < 1.29 is 87.1 Å². The van der Waals surface area contributed by atoms with Crippen molar-refractivity contribution in [3.05, 3.63) is 68.7 Å². The minimum absolute atomic E-state index is 0.108. The van der Waals surface area contributed by atoms with Crippen LogP contribution in [0.1, 0.15) is 113 Å². The SMILES string of the molecule is CN(Cc1cccc(Cl)c1C1(C(=O)O)CCCC1)C1(C)CCN(C(=O)OC(C(F)(F)F)C(F)(F)F)CC1.CN(Cc1cccc(Cl)c1C1(C(=O)O)CCCC1)C1(C)CCNCC1.OC(C(F)(F)F)C(F)(F)F. The largest absolute Gasteiger partial charge is 0.481 e. The average Bonchev–Trinajstić information content (AvgIpc) is 3.98. The number of benzene rings is 2. The van der Waals surface area contributed by atoms with Gasteiger partial charge in [-0.25, -0.2) is 4.79 Å². The lowest BCUT2D eigenvalue weighted by atomic mass is 9.76. The third kappa shape index (κ3) is 14.3. The molecular weight excluding hydrogens is 1030 g/mol. The number of aliphatic hydroxyl groups excluding tert-OH is 1. The summed E-state index contributed by atoms with van der Waals surface area (Å²) in [4.78, 5) is 41.8. The molecule has 2 aliphatic carbocycles. The first kappa shape index (κ1) is 60.8. The average molecular weight is 1090 g/mol. The van der Waals surface area contributed by atoms with Crippen molar-refractivity contribution in [2.75, 3.05) is 40.3 Å². The first-order valence-electron chi connectivity index (χ1n) is 23.1. The van der Waals surface area contributed by atoms with Gasteiger partial charge in [-0.15, -0.1) is 0 Å². The maximum absolute atomic E-state index is 12.8. The van der Waals surface area contributed by atoms with Crippen molar-refractivity contribution in [3.63, 3.8) is 0 Å². The van der Waals surface area contributed by atoms with Gasteiger partial charge in [0.1, 0.15) is 0 Å². The fourth-order valence-electron chi connectivity index (χ4n) is 10.0. The molecule has 0 spiro atoms. The molecule has 4 N–H and O–H groups in total. The van der Waals surface area contributed by atoms with Crippen LogP contribution in [0, 0.1) is 0 Å². The zero-order valence-corrected chi connectivity index (χ0v) is 41.5. The predicted octanol–water partition coefficient (Wildman–Crippen LogP) is 11.4. The Kier molecular flexibility index (Phi) is 19.8. The van der Waals surface area contributed by atoms with Gasteiger partial charge in [-0.1, -0.05) is 73.2 Å². The molecule has 0 radical (unpaired) electrons. The van der Waals surface area contributed by atoms with Crippen LogP contribution in [0.25, 0.3) is 0 Å². The van der Waals surface area contributed by atoms with E-state index >= 15 is 0 Å². The highest BCUT2D eigenvalue weighted by Crippen LogP contribution is 2.48. The van der Waals surface area contributed by atoms with Crippen LogP contribution < -0.4 is 5.32 Å². The molecular formula is C47H60Cl2F12N4O7. The van der Waals surface area contributed by atoms with Crippen LogP contribution in [0.3, 0.4) is 0 Å². The topological polar surface area (TPSA) is 143 Å². The maximum atomic E-state index is 12.8. The lowest BCUT2D eigenvalue weighted by Crippen LogP contribution is -2.54. The van der Waals surface area contributed by atoms with E-state index in [1.807, 2.05) is 30.0 Å². The molecule has 25 heteroatoms. The zero-order valence-electron chi connectivity index (χ0n) is 40.0. The summed E-state index contributed by atoms with van der Waals surface area (Å²) in [5.41, 5.74) is 0.890. The van der Waals surface area contributed by atoms with Gasteiger partial charge in [0, 0.05) is 47.3 Å². The Balaban J connectivity index is 0.000000275. The lowest BCUT2D eigenvalue weighted by molar-refractivity contribution is -0.309. The highest BCUT2D eigenvalue weighted by Gasteiger charge is 2.60. The highest BCUT2D eigenvalue weighted by atomic mass is 35.5. The number of aliphatic carboxylic acids is 2. The zero-order chi connectivity index (χ0) is 54.5. The van der Waals surface area contributed by atoms with Crippen LogP contribution in [-0.4, -0.2) is 136 Å². The molecule has 4 fully saturated rings. The van der Waals surface area contributed by atoms with E-state index in [4.69, 9.17) is 28.3 Å². The quantitative estimate of drug-likeness (QED) is 0.161. The summed E-state index contributed by atoms with van der Waals surface area (Å²) in [6.07, 6.45) is -24.5. The number of hydrogen-bond acceptors (Lipinski definition) is 8. The van der Waals surface area contributed by atoms with Crippen LogP contribution in [-0.2, 0) is 38.2 Å². The monoisotopic (exact) mass is 1090 g/mol. The van der Waals surface area contributed by atoms with Gasteiger partial charge in [0.2, 0.25) is 6.10 Å². The summed E-state index contributed by atoms with van der Waals surface area (Å²) in [6, 6.07) is 11.1. The summed E-state index contributed by atoms with van der Waals surface area (Å²) in [6.45, 7) is 7.08. The molecule has 1 amide bonds. The number of rotatable bonds is 11. The molecule has 2 aliphatic heterocycles. The van der Waals surface area contributed by atoms with Gasteiger partial charge in [-0.3, -0.25) is 19.4 Å². The second kappa shape index (κ2) is 23.4. The molecule has 2 heterocycles. The van der Waals surface area contributed by atoms with E-state index in [1.165, 1.54) is 0 Å². The number of ether oxygens (including phenoxy) is 1. The highest BCUT2D eigenvalue weighted by molar-refractivity contribution is 6.32. The summed E-state index contributed by atoms with van der Waals surface area (Å²) in [5, 5.41) is 32.0. The number of carboxylic acids is 2. The number of amides is 1. The molecule has 2 aromatic carbocycles. The Morgan fingerprint density at radius 1 is 0.625 bits per heavy atom. The Morgan fingerprint density at radius 2 is 0.972 bits per heavy atom. The number of carbonyl (C=O) groups is 3. The first-order valence-corrected chi connectivity index (χ1v) is 23.9. The van der Waals surface area contributed by atoms with Crippen LogP contribution in [0.5, 0.6) is 0 Å². The van der Waals surface area contributed by atoms with Crippen LogP contribution in [0.2, 0.25) is 10.0 Å². The number of carbonyl (C=O) groups excluding carboxylic acids is 1. The smallest absolute Gasteiger partial charge is 0.434 e. The van der Waals surface area contributed by atoms with Crippen molar-refractivity contribution >= 4 is 41.2 Å². The molecule has 11 nitrogen and oxygen atoms in total. The number of hydrogen-bond donors (Lipinski definition) is 4. The van der Waals surface area contributed by atoms with E-state index in [-0.39, 0.29) is 31.5 Å². The fraction of sp³-hybridized carbons (Fsp3) is 0.681. The first-order chi connectivity index (χ1) is 33.1. The second-order valence-corrected chi connectivity index (χ2v) is 20.3. The molecule has 0 atom stereocenters. The summed E-state index contributed by atoms with van der Waals surface area (Å²) in [7, 11) is 3.95. The fourth-order valence-corrected chi connectivity index (χ4v) is 10.8. The van der Waals surface area contributed by atoms with E-state index in [0.29, 0.717) is 47.8 Å². The van der Waals surface area contributed by atoms with E-state index in [2.05, 4.69) is 35.0 Å². The Bertz CT molecular complexity index is 2140. The van der Waals surface area contributed by atoms with Crippen molar-refractivity contribution in [3.8, 4) is 0 Å². The van der Waals surface area contributed by atoms with Gasteiger partial charge in [-0.2, -0.15) is 52.7 Å². The number of piperidine rings is 2. The van der Waals surface area contributed by atoms with Crippen molar-refractivity contribution in [1.29, 1.82) is 0 Å². The normalized spacial score (nSPS) is 20.0. The Morgan fingerprint density at radius 3 is 1.28 bits per heavy atom. The number of aliphatic hydroxyl groups is 1. The minimum atomic E-state index is -5.78. The van der Waals surface area contributed by atoms with Crippen LogP contribution in [0.15, 0.2) is 36.4 Å². The van der Waals surface area contributed by atoms with Gasteiger partial charge >= 0.3 is 42.7 Å². The Hall–Kier alpha value is -3.77. The van der Waals surface area contributed by atoms with Crippen LogP contribution >= 0.6 is 23.2 Å². The van der Waals surface area contributed by atoms with E-state index in [1.54, 1.807) is 19.2 Å². The molecule has 0 bridgehead atoms. The van der Waals surface area contributed by atoms with E-state index < -0.39 is 71.3 Å². The number of halogens is 14. The van der Waals surface area contributed by atoms with Gasteiger partial charge in [0.25, 0.3) is 6.10 Å². The van der Waals surface area contributed by atoms with E-state index in [0.717, 1.165) is 79.7 Å². The molecule has 0 unspecified atom stereocenters. The maximum Gasteiger partial charge on any atom is 0.434 e. The van der Waals surface area contributed by atoms with Gasteiger partial charge < -0.3 is 30.3 Å². The summed E-state index contributed by atoms with van der Waals surface area (Å²) >= 11 is 13.1. The Labute approximate surface area is 419 Å². The van der Waals surface area contributed by atoms with Gasteiger partial charge in [0.05, 0.1) is 10.8 Å². The summed E-state index contributed by atoms with van der Waals surface area (Å²) < 4.78 is 146. The number of alkyl halides is 12. The molecule has 2 aromatic rings. The van der Waals surface area contributed by atoms with Gasteiger partial charge in [0.15, 0.2) is 0 Å². The number of carboxylic acid groups (broad SMARTS) is 2. The summed E-state index contributed by atoms with van der Waals surface area (Å²) in [5.74, 6) is -1.66. The predicted molar refractivity (Wildman–Crippen MR) is 242 cm³/mol. The van der Waals surface area contributed by atoms with Gasteiger partial charge in [-0.05, 0) is 127 Å². The molecule has 2 saturated carbocycles. The second-order valence-electron chi connectivity index (χ2n) is 19.5. The van der Waals surface area contributed by atoms with Crippen molar-refractivity contribution in [2.24, 2.45) is 0 Å². The number of nitrogens with zero attached hydrogens (tertiary/aromatic N) is 3. The van der Waals surface area contributed by atoms with Crippen LogP contribution in [0.4, 0.5) is 57.5 Å². The molecule has 2 saturated heterocycles. The van der Waals surface area contributed by atoms with Crippen molar-refractivity contribution in [2.45, 2.75) is 163 Å². The lowest BCUT2D eigenvalue weighted by Gasteiger charge is -2.45. The third-order valence-corrected chi connectivity index (χ3v) is 15.4. The minimum Gasteiger partial charge on any atom is -0.481 e. The number of nitrogens with one attached hydrogen (secondary N) is 1.